The molecule has 0 bridgehead atoms. The summed E-state index contributed by atoms with van der Waals surface area (Å²) < 4.78 is 0. The van der Waals surface area contributed by atoms with Crippen LogP contribution in [0.1, 0.15) is 49.8 Å². The van der Waals surface area contributed by atoms with Crippen LogP contribution in [-0.2, 0) is 0 Å². The molecular formula is C17H28ClN3. The minimum atomic E-state index is 0.0554. The first-order valence-corrected chi connectivity index (χ1v) is 8.18. The van der Waals surface area contributed by atoms with Gasteiger partial charge in [0.2, 0.25) is 0 Å². The third-order valence-corrected chi connectivity index (χ3v) is 5.67. The van der Waals surface area contributed by atoms with Gasteiger partial charge in [-0.15, -0.1) is 0 Å². The number of hydrogen-bond acceptors (Lipinski definition) is 3. The van der Waals surface area contributed by atoms with Gasteiger partial charge in [-0.1, -0.05) is 30.7 Å². The van der Waals surface area contributed by atoms with Gasteiger partial charge >= 0.3 is 0 Å². The Labute approximate surface area is 133 Å². The summed E-state index contributed by atoms with van der Waals surface area (Å²) >= 11 is 6.32. The van der Waals surface area contributed by atoms with Crippen LogP contribution in [0.15, 0.2) is 18.2 Å². The maximum absolute atomic E-state index is 6.32. The Morgan fingerprint density at radius 1 is 1.33 bits per heavy atom. The number of likely N-dealkylation sites (N-methyl/N-ethyl adjacent to an activating group) is 1. The lowest BCUT2D eigenvalue weighted by molar-refractivity contribution is 0.0428. The van der Waals surface area contributed by atoms with E-state index in [9.17, 15) is 0 Å². The van der Waals surface area contributed by atoms with Crippen LogP contribution < -0.4 is 11.3 Å². The van der Waals surface area contributed by atoms with E-state index in [4.69, 9.17) is 17.4 Å². The standard InChI is InChI=1S/C17H28ClN3/c1-12-7-9-17(10-8-12,21(3)4)16(20-19)14-6-5-13(2)15(18)11-14/h5-6,11-12,16,20H,7-10,19H2,1-4H3. The molecule has 0 aromatic heterocycles. The van der Waals surface area contributed by atoms with E-state index in [1.54, 1.807) is 0 Å². The molecule has 4 heteroatoms. The molecule has 21 heavy (non-hydrogen) atoms. The van der Waals surface area contributed by atoms with Crippen LogP contribution >= 0.6 is 11.6 Å². The number of aryl methyl sites for hydroxylation is 1. The summed E-state index contributed by atoms with van der Waals surface area (Å²) in [6.45, 7) is 4.37. The monoisotopic (exact) mass is 309 g/mol. The lowest BCUT2D eigenvalue weighted by Gasteiger charge is -2.49. The van der Waals surface area contributed by atoms with Gasteiger partial charge in [-0.3, -0.25) is 11.3 Å². The van der Waals surface area contributed by atoms with E-state index >= 15 is 0 Å². The Balaban J connectivity index is 2.38. The normalized spacial score (nSPS) is 27.9. The number of rotatable bonds is 4. The molecular weight excluding hydrogens is 282 g/mol. The predicted molar refractivity (Wildman–Crippen MR) is 90.3 cm³/mol. The Morgan fingerprint density at radius 3 is 2.43 bits per heavy atom. The number of nitrogens with zero attached hydrogens (tertiary/aromatic N) is 1. The van der Waals surface area contributed by atoms with Crippen molar-refractivity contribution in [3.8, 4) is 0 Å². The van der Waals surface area contributed by atoms with E-state index in [1.165, 1.54) is 18.4 Å². The summed E-state index contributed by atoms with van der Waals surface area (Å²) in [7, 11) is 4.33. The molecule has 1 fully saturated rings. The quantitative estimate of drug-likeness (QED) is 0.659. The van der Waals surface area contributed by atoms with Crippen LogP contribution in [0.5, 0.6) is 0 Å². The Kier molecular flexibility index (Phi) is 5.31. The number of hydrazine groups is 1. The van der Waals surface area contributed by atoms with Crippen LogP contribution in [0, 0.1) is 12.8 Å². The van der Waals surface area contributed by atoms with Crippen LogP contribution in [0.25, 0.3) is 0 Å². The fourth-order valence-corrected chi connectivity index (χ4v) is 3.80. The molecule has 0 spiro atoms. The Morgan fingerprint density at radius 2 is 1.95 bits per heavy atom. The number of benzene rings is 1. The van der Waals surface area contributed by atoms with Gasteiger partial charge in [-0.2, -0.15) is 0 Å². The van der Waals surface area contributed by atoms with Gasteiger partial charge in [0.05, 0.1) is 6.04 Å². The zero-order valence-corrected chi connectivity index (χ0v) is 14.4. The summed E-state index contributed by atoms with van der Waals surface area (Å²) in [5.41, 5.74) is 5.41. The highest BCUT2D eigenvalue weighted by Crippen LogP contribution is 2.43. The number of hydrogen-bond donors (Lipinski definition) is 2. The second-order valence-electron chi connectivity index (χ2n) is 6.79. The fourth-order valence-electron chi connectivity index (χ4n) is 3.61. The Hall–Kier alpha value is -0.610. The molecule has 0 amide bonds. The van der Waals surface area contributed by atoms with Crippen molar-refractivity contribution in [2.24, 2.45) is 11.8 Å². The number of halogens is 1. The van der Waals surface area contributed by atoms with Gasteiger partial charge < -0.3 is 4.90 Å². The van der Waals surface area contributed by atoms with E-state index in [0.717, 1.165) is 29.3 Å². The summed E-state index contributed by atoms with van der Waals surface area (Å²) in [4.78, 5) is 2.34. The van der Waals surface area contributed by atoms with E-state index in [2.05, 4.69) is 49.5 Å². The zero-order chi connectivity index (χ0) is 15.6. The fraction of sp³-hybridized carbons (Fsp3) is 0.647. The zero-order valence-electron chi connectivity index (χ0n) is 13.6. The van der Waals surface area contributed by atoms with Crippen molar-refractivity contribution in [3.63, 3.8) is 0 Å². The van der Waals surface area contributed by atoms with Crippen LogP contribution in [0.4, 0.5) is 0 Å². The second-order valence-corrected chi connectivity index (χ2v) is 7.20. The Bertz CT molecular complexity index is 479. The molecule has 1 aliphatic rings. The maximum atomic E-state index is 6.32. The first-order chi connectivity index (χ1) is 9.90. The van der Waals surface area contributed by atoms with Gasteiger partial charge in [0.25, 0.3) is 0 Å². The van der Waals surface area contributed by atoms with Crippen LogP contribution in [0.3, 0.4) is 0 Å². The molecule has 0 heterocycles. The molecule has 118 valence electrons. The molecule has 3 nitrogen and oxygen atoms in total. The smallest absolute Gasteiger partial charge is 0.0644 e. The highest BCUT2D eigenvalue weighted by atomic mass is 35.5. The first-order valence-electron chi connectivity index (χ1n) is 7.80. The molecule has 0 saturated heterocycles. The van der Waals surface area contributed by atoms with Crippen LogP contribution in [0.2, 0.25) is 5.02 Å². The average molecular weight is 310 g/mol. The number of nitrogens with two attached hydrogens (primary N) is 1. The SMILES string of the molecule is Cc1ccc(C(NN)C2(N(C)C)CCC(C)CC2)cc1Cl. The minimum Gasteiger partial charge on any atom is -0.302 e. The molecule has 1 aliphatic carbocycles. The van der Waals surface area contributed by atoms with E-state index in [0.29, 0.717) is 0 Å². The van der Waals surface area contributed by atoms with Gasteiger partial charge in [-0.05, 0) is 69.8 Å². The van der Waals surface area contributed by atoms with E-state index < -0.39 is 0 Å². The summed E-state index contributed by atoms with van der Waals surface area (Å²) in [5, 5.41) is 0.811. The van der Waals surface area contributed by atoms with E-state index in [-0.39, 0.29) is 11.6 Å². The average Bonchev–Trinajstić information content (AvgIpc) is 2.45. The van der Waals surface area contributed by atoms with Crippen molar-refractivity contribution >= 4 is 11.6 Å². The van der Waals surface area contributed by atoms with Crippen molar-refractivity contribution in [3.05, 3.63) is 34.3 Å². The van der Waals surface area contributed by atoms with Gasteiger partial charge in [-0.25, -0.2) is 0 Å². The second kappa shape index (κ2) is 6.66. The predicted octanol–water partition coefficient (Wildman–Crippen LogP) is 3.66. The first kappa shape index (κ1) is 16.8. The van der Waals surface area contributed by atoms with Gasteiger partial charge in [0, 0.05) is 10.6 Å². The highest BCUT2D eigenvalue weighted by Gasteiger charge is 2.43. The lowest BCUT2D eigenvalue weighted by atomic mass is 9.70. The molecule has 1 aromatic carbocycles. The van der Waals surface area contributed by atoms with Crippen molar-refractivity contribution in [2.45, 2.75) is 51.1 Å². The van der Waals surface area contributed by atoms with Crippen molar-refractivity contribution in [1.29, 1.82) is 0 Å². The van der Waals surface area contributed by atoms with Crippen molar-refractivity contribution in [2.75, 3.05) is 14.1 Å². The van der Waals surface area contributed by atoms with Crippen LogP contribution in [-0.4, -0.2) is 24.5 Å². The lowest BCUT2D eigenvalue weighted by Crippen LogP contribution is -2.56. The molecule has 0 radical (unpaired) electrons. The molecule has 2 rings (SSSR count). The molecule has 1 unspecified atom stereocenters. The van der Waals surface area contributed by atoms with E-state index in [1.807, 2.05) is 6.92 Å². The summed E-state index contributed by atoms with van der Waals surface area (Å²) in [6, 6.07) is 6.38. The minimum absolute atomic E-state index is 0.0554. The third kappa shape index (κ3) is 3.26. The molecule has 1 atom stereocenters. The highest BCUT2D eigenvalue weighted by molar-refractivity contribution is 6.31. The summed E-state index contributed by atoms with van der Waals surface area (Å²) in [6.07, 6.45) is 4.80. The molecule has 3 N–H and O–H groups in total. The third-order valence-electron chi connectivity index (χ3n) is 5.26. The maximum Gasteiger partial charge on any atom is 0.0644 e. The largest absolute Gasteiger partial charge is 0.302 e. The van der Waals surface area contributed by atoms with Gasteiger partial charge in [0.1, 0.15) is 0 Å². The molecule has 1 aromatic rings. The molecule has 1 saturated carbocycles. The van der Waals surface area contributed by atoms with Crippen molar-refractivity contribution < 1.29 is 0 Å². The topological polar surface area (TPSA) is 41.3 Å². The van der Waals surface area contributed by atoms with Crippen molar-refractivity contribution in [1.82, 2.24) is 10.3 Å². The molecule has 0 aliphatic heterocycles. The number of nitrogens with one attached hydrogen (secondary N) is 1. The summed E-state index contributed by atoms with van der Waals surface area (Å²) in [5.74, 6) is 6.77. The van der Waals surface area contributed by atoms with Gasteiger partial charge in [0.15, 0.2) is 0 Å².